The van der Waals surface area contributed by atoms with E-state index in [1.807, 2.05) is 12.1 Å². The predicted octanol–water partition coefficient (Wildman–Crippen LogP) is 3.77. The van der Waals surface area contributed by atoms with Crippen LogP contribution < -0.4 is 5.32 Å². The number of furan rings is 1. The van der Waals surface area contributed by atoms with Gasteiger partial charge < -0.3 is 9.73 Å². The van der Waals surface area contributed by atoms with Crippen LogP contribution in [0.25, 0.3) is 0 Å². The Morgan fingerprint density at radius 1 is 1.12 bits per heavy atom. The van der Waals surface area contributed by atoms with Crippen LogP contribution in [-0.4, -0.2) is 30.4 Å². The van der Waals surface area contributed by atoms with E-state index in [1.165, 1.54) is 25.0 Å². The van der Waals surface area contributed by atoms with Gasteiger partial charge in [-0.1, -0.05) is 25.0 Å². The van der Waals surface area contributed by atoms with Gasteiger partial charge in [-0.3, -0.25) is 9.69 Å². The van der Waals surface area contributed by atoms with E-state index in [0.29, 0.717) is 6.54 Å². The number of halogens is 1. The van der Waals surface area contributed by atoms with Crippen LogP contribution in [0.4, 0.5) is 4.39 Å². The Morgan fingerprint density at radius 2 is 1.88 bits per heavy atom. The number of nitrogens with one attached hydrogen (secondary N) is 1. The lowest BCUT2D eigenvalue weighted by molar-refractivity contribution is 0.0923. The Morgan fingerprint density at radius 3 is 2.54 bits per heavy atom. The zero-order valence-electron chi connectivity index (χ0n) is 13.7. The lowest BCUT2D eigenvalue weighted by Gasteiger charge is -2.29. The van der Waals surface area contributed by atoms with E-state index < -0.39 is 5.82 Å². The van der Waals surface area contributed by atoms with Crippen molar-refractivity contribution >= 4 is 5.91 Å². The van der Waals surface area contributed by atoms with Crippen molar-refractivity contribution in [3.05, 3.63) is 59.8 Å². The van der Waals surface area contributed by atoms with Gasteiger partial charge in [0.05, 0.1) is 17.9 Å². The summed E-state index contributed by atoms with van der Waals surface area (Å²) in [7, 11) is 0. The number of amides is 1. The third-order valence-corrected chi connectivity index (χ3v) is 4.53. The summed E-state index contributed by atoms with van der Waals surface area (Å²) in [4.78, 5) is 14.6. The van der Waals surface area contributed by atoms with Crippen molar-refractivity contribution in [2.45, 2.75) is 31.7 Å². The first-order chi connectivity index (χ1) is 11.8. The van der Waals surface area contributed by atoms with Crippen molar-refractivity contribution in [2.24, 2.45) is 0 Å². The van der Waals surface area contributed by atoms with Gasteiger partial charge in [0, 0.05) is 6.54 Å². The first-order valence-electron chi connectivity index (χ1n) is 8.56. The second-order valence-corrected chi connectivity index (χ2v) is 6.17. The summed E-state index contributed by atoms with van der Waals surface area (Å²) in [5.74, 6) is -0.0514. The molecule has 24 heavy (non-hydrogen) atoms. The Kier molecular flexibility index (Phi) is 5.64. The van der Waals surface area contributed by atoms with Gasteiger partial charge in [0.2, 0.25) is 0 Å². The molecule has 1 N–H and O–H groups in total. The van der Waals surface area contributed by atoms with E-state index in [2.05, 4.69) is 10.2 Å². The van der Waals surface area contributed by atoms with Crippen LogP contribution in [0.2, 0.25) is 0 Å². The van der Waals surface area contributed by atoms with E-state index >= 15 is 0 Å². The first-order valence-corrected chi connectivity index (χ1v) is 8.56. The van der Waals surface area contributed by atoms with Crippen LogP contribution in [0.1, 0.15) is 47.8 Å². The topological polar surface area (TPSA) is 45.5 Å². The zero-order chi connectivity index (χ0) is 16.8. The Bertz CT molecular complexity index is 649. The lowest BCUT2D eigenvalue weighted by atomic mass is 10.1. The Labute approximate surface area is 141 Å². The number of benzene rings is 1. The average molecular weight is 330 g/mol. The minimum Gasteiger partial charge on any atom is -0.468 e. The van der Waals surface area contributed by atoms with Gasteiger partial charge in [-0.2, -0.15) is 0 Å². The lowest BCUT2D eigenvalue weighted by Crippen LogP contribution is -2.38. The fourth-order valence-electron chi connectivity index (χ4n) is 3.23. The minimum absolute atomic E-state index is 0.0196. The molecule has 2 aromatic rings. The quantitative estimate of drug-likeness (QED) is 0.908. The van der Waals surface area contributed by atoms with E-state index in [1.54, 1.807) is 18.4 Å². The standard InChI is InChI=1S/C19H23FN2O2/c20-16-9-4-3-8-15(16)19(23)21-14-17(18-10-7-13-24-18)22-11-5-1-2-6-12-22/h3-4,7-10,13,17H,1-2,5-6,11-12,14H2,(H,21,23). The molecule has 1 saturated heterocycles. The smallest absolute Gasteiger partial charge is 0.254 e. The molecule has 1 atom stereocenters. The second kappa shape index (κ2) is 8.11. The second-order valence-electron chi connectivity index (χ2n) is 6.17. The monoisotopic (exact) mass is 330 g/mol. The highest BCUT2D eigenvalue weighted by Crippen LogP contribution is 2.24. The van der Waals surface area contributed by atoms with Gasteiger partial charge in [-0.25, -0.2) is 4.39 Å². The first kappa shape index (κ1) is 16.7. The van der Waals surface area contributed by atoms with Gasteiger partial charge in [-0.05, 0) is 50.2 Å². The molecule has 4 nitrogen and oxygen atoms in total. The van der Waals surface area contributed by atoms with Crippen molar-refractivity contribution in [1.82, 2.24) is 10.2 Å². The zero-order valence-corrected chi connectivity index (χ0v) is 13.7. The largest absolute Gasteiger partial charge is 0.468 e. The molecule has 0 aliphatic carbocycles. The highest BCUT2D eigenvalue weighted by atomic mass is 19.1. The van der Waals surface area contributed by atoms with Crippen LogP contribution in [-0.2, 0) is 0 Å². The maximum atomic E-state index is 13.8. The van der Waals surface area contributed by atoms with Gasteiger partial charge in [0.1, 0.15) is 11.6 Å². The highest BCUT2D eigenvalue weighted by molar-refractivity contribution is 5.94. The van der Waals surface area contributed by atoms with Crippen LogP contribution >= 0.6 is 0 Å². The number of carbonyl (C=O) groups is 1. The minimum atomic E-state index is -0.501. The number of carbonyl (C=O) groups excluding carboxylic acids is 1. The maximum Gasteiger partial charge on any atom is 0.254 e. The molecule has 128 valence electrons. The van der Waals surface area contributed by atoms with Crippen molar-refractivity contribution in [3.8, 4) is 0 Å². The summed E-state index contributed by atoms with van der Waals surface area (Å²) in [5.41, 5.74) is 0.0755. The van der Waals surface area contributed by atoms with Crippen LogP contribution in [0.15, 0.2) is 47.1 Å². The molecule has 1 aromatic heterocycles. The van der Waals surface area contributed by atoms with Crippen LogP contribution in [0.5, 0.6) is 0 Å². The number of likely N-dealkylation sites (tertiary alicyclic amines) is 1. The van der Waals surface area contributed by atoms with Crippen molar-refractivity contribution < 1.29 is 13.6 Å². The molecule has 0 bridgehead atoms. The molecular formula is C19H23FN2O2. The SMILES string of the molecule is O=C(NCC(c1ccco1)N1CCCCCC1)c1ccccc1F. The predicted molar refractivity (Wildman–Crippen MR) is 90.2 cm³/mol. The molecule has 1 amide bonds. The summed E-state index contributed by atoms with van der Waals surface area (Å²) in [6.07, 6.45) is 6.43. The normalized spacial score (nSPS) is 17.2. The number of hydrogen-bond donors (Lipinski definition) is 1. The van der Waals surface area contributed by atoms with Crippen LogP contribution in [0, 0.1) is 5.82 Å². The molecule has 1 aromatic carbocycles. The van der Waals surface area contributed by atoms with E-state index in [0.717, 1.165) is 31.7 Å². The molecule has 2 heterocycles. The summed E-state index contributed by atoms with van der Waals surface area (Å²) in [6.45, 7) is 2.38. The van der Waals surface area contributed by atoms with Crippen molar-refractivity contribution in [3.63, 3.8) is 0 Å². The fraction of sp³-hybridized carbons (Fsp3) is 0.421. The Hall–Kier alpha value is -2.14. The molecule has 0 spiro atoms. The molecular weight excluding hydrogens is 307 g/mol. The van der Waals surface area contributed by atoms with Gasteiger partial charge >= 0.3 is 0 Å². The summed E-state index contributed by atoms with van der Waals surface area (Å²) in [5, 5.41) is 2.87. The summed E-state index contributed by atoms with van der Waals surface area (Å²) >= 11 is 0. The van der Waals surface area contributed by atoms with E-state index in [4.69, 9.17) is 4.42 Å². The van der Waals surface area contributed by atoms with E-state index in [9.17, 15) is 9.18 Å². The van der Waals surface area contributed by atoms with Gasteiger partial charge in [0.25, 0.3) is 5.91 Å². The number of nitrogens with zero attached hydrogens (tertiary/aromatic N) is 1. The molecule has 1 aliphatic heterocycles. The molecule has 0 saturated carbocycles. The maximum absolute atomic E-state index is 13.8. The molecule has 5 heteroatoms. The highest BCUT2D eigenvalue weighted by Gasteiger charge is 2.24. The average Bonchev–Trinajstić information content (AvgIpc) is 2.98. The van der Waals surface area contributed by atoms with Gasteiger partial charge in [-0.15, -0.1) is 0 Å². The van der Waals surface area contributed by atoms with E-state index in [-0.39, 0.29) is 17.5 Å². The molecule has 1 fully saturated rings. The molecule has 3 rings (SSSR count). The molecule has 1 aliphatic rings. The fourth-order valence-corrected chi connectivity index (χ4v) is 3.23. The third-order valence-electron chi connectivity index (χ3n) is 4.53. The Balaban J connectivity index is 1.70. The molecule has 1 unspecified atom stereocenters. The third kappa shape index (κ3) is 4.03. The summed E-state index contributed by atoms with van der Waals surface area (Å²) < 4.78 is 19.3. The summed E-state index contributed by atoms with van der Waals surface area (Å²) in [6, 6.07) is 9.82. The number of rotatable bonds is 5. The van der Waals surface area contributed by atoms with Crippen molar-refractivity contribution in [1.29, 1.82) is 0 Å². The molecule has 0 radical (unpaired) electrons. The van der Waals surface area contributed by atoms with Crippen molar-refractivity contribution in [2.75, 3.05) is 19.6 Å². The number of hydrogen-bond acceptors (Lipinski definition) is 3. The van der Waals surface area contributed by atoms with Crippen LogP contribution in [0.3, 0.4) is 0 Å². The van der Waals surface area contributed by atoms with Gasteiger partial charge in [0.15, 0.2) is 0 Å².